The van der Waals surface area contributed by atoms with Gasteiger partial charge in [0, 0.05) is 62.6 Å². The number of esters is 6. The summed E-state index contributed by atoms with van der Waals surface area (Å²) in [6.07, 6.45) is 4.27. The van der Waals surface area contributed by atoms with Crippen molar-refractivity contribution in [2.75, 3.05) is 77.2 Å². The number of ketones is 3. The molecule has 3 rings (SSSR count). The Hall–Kier alpha value is -2.68. The minimum Gasteiger partial charge on any atom is -0.469 e. The average molecular weight is 1020 g/mol. The Bertz CT molecular complexity index is 1560. The van der Waals surface area contributed by atoms with Crippen molar-refractivity contribution in [3.05, 3.63) is 11.6 Å². The van der Waals surface area contributed by atoms with Crippen molar-refractivity contribution in [2.24, 2.45) is 17.3 Å². The summed E-state index contributed by atoms with van der Waals surface area (Å²) in [7, 11) is 8.11. The van der Waals surface area contributed by atoms with Crippen molar-refractivity contribution in [1.82, 2.24) is 0 Å². The lowest BCUT2D eigenvalue weighted by Gasteiger charge is -2.34. The number of carbonyl (C=O) groups is 9. The predicted octanol–water partition coefficient (Wildman–Crippen LogP) is 7.47. The van der Waals surface area contributed by atoms with Crippen LogP contribution in [-0.4, -0.2) is 145 Å². The molecular formula is C45H76O15S5. The Labute approximate surface area is 410 Å². The first-order valence-corrected chi connectivity index (χ1v) is 25.4. The highest BCUT2D eigenvalue weighted by Crippen LogP contribution is 2.39. The van der Waals surface area contributed by atoms with E-state index in [1.165, 1.54) is 48.7 Å². The Morgan fingerprint density at radius 2 is 1.28 bits per heavy atom. The van der Waals surface area contributed by atoms with E-state index in [1.54, 1.807) is 47.0 Å². The van der Waals surface area contributed by atoms with Crippen LogP contribution >= 0.6 is 59.7 Å². The fourth-order valence-electron chi connectivity index (χ4n) is 5.45. The molecule has 3 fully saturated rings. The molecule has 0 aromatic carbocycles. The first-order valence-electron chi connectivity index (χ1n) is 20.7. The Kier molecular flexibility index (Phi) is 35.4. The van der Waals surface area contributed by atoms with Gasteiger partial charge in [-0.1, -0.05) is 47.1 Å². The number of carbonyl (C=O) groups excluding carboxylic acids is 9. The van der Waals surface area contributed by atoms with Crippen molar-refractivity contribution in [2.45, 2.75) is 122 Å². The second kappa shape index (κ2) is 34.6. The molecule has 3 aliphatic heterocycles. The fourth-order valence-corrected chi connectivity index (χ4v) is 10.2. The summed E-state index contributed by atoms with van der Waals surface area (Å²) in [6, 6.07) is 0. The maximum absolute atomic E-state index is 11.5. The van der Waals surface area contributed by atoms with E-state index in [9.17, 15) is 43.2 Å². The minimum atomic E-state index is -0.587. The molecule has 0 aromatic rings. The van der Waals surface area contributed by atoms with Crippen molar-refractivity contribution < 1.29 is 71.6 Å². The number of thiol groups is 1. The largest absolute Gasteiger partial charge is 0.469 e. The Morgan fingerprint density at radius 3 is 1.65 bits per heavy atom. The number of ether oxygens (including phenoxy) is 6. The molecule has 0 radical (unpaired) electrons. The van der Waals surface area contributed by atoms with Crippen LogP contribution in [0.1, 0.15) is 108 Å². The van der Waals surface area contributed by atoms with E-state index in [0.717, 1.165) is 29.3 Å². The first kappa shape index (κ1) is 66.6. The molecule has 0 N–H and O–H groups in total. The number of allylic oxidation sites excluding steroid dienone is 1. The van der Waals surface area contributed by atoms with Crippen LogP contribution in [0.3, 0.4) is 0 Å². The van der Waals surface area contributed by atoms with Crippen LogP contribution in [0.15, 0.2) is 11.6 Å². The monoisotopic (exact) mass is 1020 g/mol. The van der Waals surface area contributed by atoms with Crippen molar-refractivity contribution in [1.29, 1.82) is 0 Å². The van der Waals surface area contributed by atoms with Crippen LogP contribution < -0.4 is 0 Å². The average Bonchev–Trinajstić information content (AvgIpc) is 3.20. The highest BCUT2D eigenvalue weighted by molar-refractivity contribution is 8.01. The lowest BCUT2D eigenvalue weighted by molar-refractivity contribution is -0.151. The van der Waals surface area contributed by atoms with Gasteiger partial charge in [0.25, 0.3) is 0 Å². The van der Waals surface area contributed by atoms with Crippen LogP contribution in [0.5, 0.6) is 0 Å². The normalized spacial score (nSPS) is 18.8. The lowest BCUT2D eigenvalue weighted by Crippen LogP contribution is -2.44. The molecule has 0 aromatic heterocycles. The summed E-state index contributed by atoms with van der Waals surface area (Å²) in [6.45, 7) is 19.7. The minimum absolute atomic E-state index is 0.00981. The topological polar surface area (TPSA) is 209 Å². The molecule has 20 heteroatoms. The highest BCUT2D eigenvalue weighted by Gasteiger charge is 2.44. The van der Waals surface area contributed by atoms with Crippen molar-refractivity contribution in [3.63, 3.8) is 0 Å². The van der Waals surface area contributed by atoms with Gasteiger partial charge in [-0.2, -0.15) is 59.7 Å². The number of methoxy groups -OCH3 is 6. The van der Waals surface area contributed by atoms with E-state index in [2.05, 4.69) is 54.9 Å². The number of Topliss-reactive ketones (excluding diaryl/α,β-unsaturated/α-hetero) is 3. The molecule has 2 unspecified atom stereocenters. The molecular weight excluding hydrogens is 941 g/mol. The zero-order valence-electron chi connectivity index (χ0n) is 41.4. The zero-order valence-corrected chi connectivity index (χ0v) is 45.6. The highest BCUT2D eigenvalue weighted by atomic mass is 32.2. The molecule has 3 aliphatic rings. The third-order valence-electron chi connectivity index (χ3n) is 8.80. The molecule has 0 saturated carbocycles. The SMILES string of the molecule is CC1(C)CSCC(=O)C1.COC(=O)C1C(=O)CCSC1(C)C.COC(=O)C1CSC(C)(C)CC1=O.COC(=O)C=C(C)C.COC(=O)CCS.COC(=O)CCSC(C)(C)CC(=O)OC. The van der Waals surface area contributed by atoms with Gasteiger partial charge in [0.2, 0.25) is 0 Å². The molecule has 15 nitrogen and oxygen atoms in total. The van der Waals surface area contributed by atoms with Crippen LogP contribution in [0.2, 0.25) is 0 Å². The number of hydrogen-bond donors (Lipinski definition) is 1. The molecule has 3 saturated heterocycles. The summed E-state index contributed by atoms with van der Waals surface area (Å²) >= 11 is 10.4. The van der Waals surface area contributed by atoms with Gasteiger partial charge in [-0.05, 0) is 38.9 Å². The summed E-state index contributed by atoms with van der Waals surface area (Å²) in [5.41, 5.74) is 1.22. The van der Waals surface area contributed by atoms with Gasteiger partial charge in [0.05, 0.1) is 67.7 Å². The summed E-state index contributed by atoms with van der Waals surface area (Å²) in [5, 5.41) is 0. The second-order valence-corrected chi connectivity index (χ2v) is 24.0. The van der Waals surface area contributed by atoms with E-state index in [1.807, 2.05) is 55.4 Å². The fraction of sp³-hybridized carbons (Fsp3) is 0.756. The molecule has 0 aliphatic carbocycles. The maximum Gasteiger partial charge on any atom is 0.330 e. The van der Waals surface area contributed by atoms with Gasteiger partial charge in [0.15, 0.2) is 0 Å². The maximum atomic E-state index is 11.5. The van der Waals surface area contributed by atoms with Gasteiger partial charge in [-0.25, -0.2) is 4.79 Å². The lowest BCUT2D eigenvalue weighted by atomic mass is 9.89. The van der Waals surface area contributed by atoms with Crippen molar-refractivity contribution in [3.8, 4) is 0 Å². The van der Waals surface area contributed by atoms with E-state index in [4.69, 9.17) is 0 Å². The van der Waals surface area contributed by atoms with Gasteiger partial charge < -0.3 is 28.4 Å². The molecule has 65 heavy (non-hydrogen) atoms. The zero-order chi connectivity index (χ0) is 51.2. The molecule has 0 bridgehead atoms. The molecule has 0 spiro atoms. The third kappa shape index (κ3) is 33.4. The van der Waals surface area contributed by atoms with Crippen LogP contribution in [0.25, 0.3) is 0 Å². The Balaban J connectivity index is -0.000000724. The number of hydrogen-bond acceptors (Lipinski definition) is 20. The van der Waals surface area contributed by atoms with Gasteiger partial charge in [0.1, 0.15) is 29.2 Å². The standard InChI is InChI=1S/C10H18O4S.2C9H14O3S.C7H12OS.C6H10O2.C4H8O2S/c1-10(2,7-9(12)14-4)15-6-5-8(11)13-3;1-9(2)4-7(10)6(5-13-9)8(11)12-3;1-9(2)7(8(11)12-3)6(10)4-5-13-9;1-7(2)3-6(8)4-9-5-7;1-5(2)4-6(7)8-3;1-6-4(5)2-3-7/h5-7H2,1-4H3;6H,4-5H2,1-3H3;7H,4-5H2,1-3H3;3-5H2,1-2H3;4H,1-3H3;7H,2-3H2,1H3. The van der Waals surface area contributed by atoms with Crippen LogP contribution in [0, 0.1) is 17.3 Å². The van der Waals surface area contributed by atoms with Gasteiger partial charge in [-0.3, -0.25) is 38.4 Å². The van der Waals surface area contributed by atoms with Crippen LogP contribution in [-0.2, 0) is 71.6 Å². The van der Waals surface area contributed by atoms with Gasteiger partial charge >= 0.3 is 35.8 Å². The first-order chi connectivity index (χ1) is 29.9. The Morgan fingerprint density at radius 1 is 0.738 bits per heavy atom. The predicted molar refractivity (Wildman–Crippen MR) is 266 cm³/mol. The van der Waals surface area contributed by atoms with Gasteiger partial charge in [-0.15, -0.1) is 0 Å². The van der Waals surface area contributed by atoms with Crippen molar-refractivity contribution >= 4 is 113 Å². The smallest absolute Gasteiger partial charge is 0.330 e. The van der Waals surface area contributed by atoms with Crippen LogP contribution in [0.4, 0.5) is 0 Å². The quantitative estimate of drug-likeness (QED) is 0.0700. The summed E-state index contributed by atoms with van der Waals surface area (Å²) in [5.74, 6) is 2.02. The van der Waals surface area contributed by atoms with E-state index >= 15 is 0 Å². The molecule has 2 atom stereocenters. The molecule has 3 heterocycles. The van der Waals surface area contributed by atoms with E-state index in [0.29, 0.717) is 55.1 Å². The number of thioether (sulfide) groups is 4. The summed E-state index contributed by atoms with van der Waals surface area (Å²) < 4.78 is 26.4. The van der Waals surface area contributed by atoms with E-state index in [-0.39, 0.29) is 55.1 Å². The summed E-state index contributed by atoms with van der Waals surface area (Å²) in [4.78, 5) is 98.7. The second-order valence-electron chi connectivity index (χ2n) is 17.3. The third-order valence-corrected chi connectivity index (χ3v) is 14.7. The number of rotatable bonds is 11. The molecule has 376 valence electrons. The van der Waals surface area contributed by atoms with E-state index < -0.39 is 23.8 Å². The molecule has 0 amide bonds.